The summed E-state index contributed by atoms with van der Waals surface area (Å²) >= 11 is 1.99. The van der Waals surface area contributed by atoms with E-state index in [9.17, 15) is 0 Å². The fraction of sp³-hybridized carbons (Fsp3) is 0.0508. The summed E-state index contributed by atoms with van der Waals surface area (Å²) in [5.74, 6) is 0.334. The topological polar surface area (TPSA) is 3.24 Å². The minimum Gasteiger partial charge on any atom is -0.309 e. The lowest BCUT2D eigenvalue weighted by atomic mass is 9.70. The van der Waals surface area contributed by atoms with Gasteiger partial charge in [0.2, 0.25) is 0 Å². The predicted molar refractivity (Wildman–Crippen MR) is 256 cm³/mol. The van der Waals surface area contributed by atoms with E-state index in [1.807, 2.05) is 11.8 Å². The quantitative estimate of drug-likeness (QED) is 0.171. The van der Waals surface area contributed by atoms with Crippen molar-refractivity contribution in [3.63, 3.8) is 0 Å². The molecule has 0 saturated heterocycles. The van der Waals surface area contributed by atoms with E-state index < -0.39 is 5.41 Å². The van der Waals surface area contributed by atoms with E-state index in [1.165, 1.54) is 93.7 Å². The van der Waals surface area contributed by atoms with Crippen LogP contribution in [-0.4, -0.2) is 5.25 Å². The van der Waals surface area contributed by atoms with Crippen LogP contribution >= 0.6 is 11.8 Å². The first-order valence-corrected chi connectivity index (χ1v) is 22.2. The molecule has 9 aromatic carbocycles. The molecule has 0 N–H and O–H groups in total. The maximum absolute atomic E-state index is 2.55. The van der Waals surface area contributed by atoms with Crippen LogP contribution in [0.4, 0.5) is 17.1 Å². The van der Waals surface area contributed by atoms with Gasteiger partial charge in [-0.05, 0) is 102 Å². The van der Waals surface area contributed by atoms with Crippen molar-refractivity contribution in [1.29, 1.82) is 0 Å². The summed E-state index contributed by atoms with van der Waals surface area (Å²) in [6.07, 6.45) is 6.98. The fourth-order valence-corrected chi connectivity index (χ4v) is 12.6. The molecule has 0 saturated carbocycles. The summed E-state index contributed by atoms with van der Waals surface area (Å²) in [5, 5.41) is 2.87. The molecular weight excluding hydrogens is 755 g/mol. The lowest BCUT2D eigenvalue weighted by Gasteiger charge is -2.33. The Bertz CT molecular complexity index is 3260. The highest BCUT2D eigenvalue weighted by Crippen LogP contribution is 2.65. The molecule has 0 bridgehead atoms. The van der Waals surface area contributed by atoms with Crippen molar-refractivity contribution in [2.45, 2.75) is 21.5 Å². The normalized spacial score (nSPS) is 17.0. The van der Waals surface area contributed by atoms with Gasteiger partial charge in [0.1, 0.15) is 0 Å². The number of rotatable bonds is 5. The minimum absolute atomic E-state index is 0.334. The molecular formula is C59H39NS. The highest BCUT2D eigenvalue weighted by atomic mass is 32.2. The standard InChI is InChI=1S/C59H39NS/c1-2-17-40(18-3-1)56-42-19-5-4-16-38(42)34-37-53(56)60(41-35-32-39(33-36-41)43-24-14-31-55-57(43)47-23-9-13-30-54(47)61-55)52-29-15-28-51-58(52)46-22-8-12-27-50(46)59(51)48-25-10-6-20-44(48)45-21-7-11-26-49(45)59/h1-37,55,57H. The van der Waals surface area contributed by atoms with Gasteiger partial charge in [-0.25, -0.2) is 0 Å². The van der Waals surface area contributed by atoms with Gasteiger partial charge >= 0.3 is 0 Å². The number of thioether (sulfide) groups is 1. The number of fused-ring (bicyclic) bond motifs is 14. The van der Waals surface area contributed by atoms with Gasteiger partial charge < -0.3 is 4.90 Å². The van der Waals surface area contributed by atoms with E-state index in [1.54, 1.807) is 0 Å². The highest BCUT2D eigenvalue weighted by Gasteiger charge is 2.52. The van der Waals surface area contributed by atoms with Crippen LogP contribution in [0.15, 0.2) is 229 Å². The Morgan fingerprint density at radius 1 is 0.443 bits per heavy atom. The summed E-state index contributed by atoms with van der Waals surface area (Å²) in [6, 6.07) is 77.2. The third-order valence-corrected chi connectivity index (χ3v) is 15.0. The van der Waals surface area contributed by atoms with Crippen molar-refractivity contribution in [3.05, 3.63) is 258 Å². The summed E-state index contributed by atoms with van der Waals surface area (Å²) in [7, 11) is 0. The van der Waals surface area contributed by atoms with Crippen LogP contribution in [0.5, 0.6) is 0 Å². The second-order valence-corrected chi connectivity index (χ2v) is 17.8. The zero-order valence-electron chi connectivity index (χ0n) is 33.4. The van der Waals surface area contributed by atoms with E-state index in [-0.39, 0.29) is 0 Å². The number of allylic oxidation sites excluding steroid dienone is 3. The third-order valence-electron chi connectivity index (χ3n) is 13.7. The van der Waals surface area contributed by atoms with Crippen LogP contribution in [0.3, 0.4) is 0 Å². The molecule has 1 spiro atoms. The molecule has 0 fully saturated rings. The molecule has 13 rings (SSSR count). The molecule has 0 aromatic heterocycles. The number of benzene rings is 9. The van der Waals surface area contributed by atoms with E-state index >= 15 is 0 Å². The second-order valence-electron chi connectivity index (χ2n) is 16.6. The second kappa shape index (κ2) is 13.4. The third kappa shape index (κ3) is 4.91. The van der Waals surface area contributed by atoms with Gasteiger partial charge in [-0.15, -0.1) is 11.8 Å². The summed E-state index contributed by atoms with van der Waals surface area (Å²) < 4.78 is 0. The molecule has 1 aliphatic heterocycles. The average molecular weight is 794 g/mol. The van der Waals surface area contributed by atoms with E-state index in [0.717, 1.165) is 11.4 Å². The van der Waals surface area contributed by atoms with Gasteiger partial charge in [0.15, 0.2) is 0 Å². The van der Waals surface area contributed by atoms with E-state index in [4.69, 9.17) is 0 Å². The van der Waals surface area contributed by atoms with Crippen molar-refractivity contribution in [2.75, 3.05) is 4.90 Å². The number of hydrogen-bond acceptors (Lipinski definition) is 2. The Morgan fingerprint density at radius 3 is 1.85 bits per heavy atom. The molecule has 61 heavy (non-hydrogen) atoms. The first kappa shape index (κ1) is 34.7. The van der Waals surface area contributed by atoms with Crippen molar-refractivity contribution >= 4 is 45.2 Å². The van der Waals surface area contributed by atoms with Gasteiger partial charge in [-0.2, -0.15) is 0 Å². The van der Waals surface area contributed by atoms with Gasteiger partial charge in [0, 0.05) is 32.9 Å². The average Bonchev–Trinajstić information content (AvgIpc) is 3.97. The van der Waals surface area contributed by atoms with Gasteiger partial charge in [0.05, 0.1) is 16.8 Å². The molecule has 2 atom stereocenters. The van der Waals surface area contributed by atoms with Crippen molar-refractivity contribution in [3.8, 4) is 33.4 Å². The molecule has 3 aliphatic carbocycles. The van der Waals surface area contributed by atoms with E-state index in [0.29, 0.717) is 11.2 Å². The molecule has 1 nitrogen and oxygen atoms in total. The predicted octanol–water partition coefficient (Wildman–Crippen LogP) is 15.5. The molecule has 286 valence electrons. The SMILES string of the molecule is C1=CC2Sc3ccccc3C2C(c2ccc(N(c3cccc4c3-c3ccccc3C43c4ccccc4-c4ccccc43)c3ccc4ccccc4c3-c3ccccc3)cc2)=C1. The number of hydrogen-bond donors (Lipinski definition) is 0. The monoisotopic (exact) mass is 793 g/mol. The van der Waals surface area contributed by atoms with E-state index in [2.05, 4.69) is 229 Å². The highest BCUT2D eigenvalue weighted by molar-refractivity contribution is 8.00. The van der Waals surface area contributed by atoms with Gasteiger partial charge in [-0.3, -0.25) is 0 Å². The first-order valence-electron chi connectivity index (χ1n) is 21.3. The summed E-state index contributed by atoms with van der Waals surface area (Å²) in [4.78, 5) is 3.95. The summed E-state index contributed by atoms with van der Waals surface area (Å²) in [5.41, 5.74) is 20.1. The zero-order valence-corrected chi connectivity index (χ0v) is 34.2. The van der Waals surface area contributed by atoms with Crippen LogP contribution in [-0.2, 0) is 5.41 Å². The fourth-order valence-electron chi connectivity index (χ4n) is 11.3. The maximum atomic E-state index is 2.55. The van der Waals surface area contributed by atoms with Crippen LogP contribution in [0.25, 0.3) is 49.7 Å². The smallest absolute Gasteiger partial charge is 0.0726 e. The van der Waals surface area contributed by atoms with Crippen LogP contribution in [0.2, 0.25) is 0 Å². The Morgan fingerprint density at radius 2 is 1.07 bits per heavy atom. The van der Waals surface area contributed by atoms with Crippen molar-refractivity contribution in [2.24, 2.45) is 0 Å². The van der Waals surface area contributed by atoms with Crippen LogP contribution < -0.4 is 4.90 Å². The Hall–Kier alpha value is -7.13. The largest absolute Gasteiger partial charge is 0.309 e. The molecule has 0 radical (unpaired) electrons. The molecule has 2 heteroatoms. The maximum Gasteiger partial charge on any atom is 0.0726 e. The van der Waals surface area contributed by atoms with Crippen molar-refractivity contribution < 1.29 is 0 Å². The van der Waals surface area contributed by atoms with Gasteiger partial charge in [0.25, 0.3) is 0 Å². The Kier molecular flexibility index (Phi) is 7.65. The molecule has 0 amide bonds. The Labute approximate surface area is 361 Å². The lowest BCUT2D eigenvalue weighted by Crippen LogP contribution is -2.26. The van der Waals surface area contributed by atoms with Crippen molar-refractivity contribution in [1.82, 2.24) is 0 Å². The molecule has 1 heterocycles. The van der Waals surface area contributed by atoms with Crippen LogP contribution in [0, 0.1) is 0 Å². The van der Waals surface area contributed by atoms with Gasteiger partial charge in [-0.1, -0.05) is 194 Å². The number of nitrogens with zero attached hydrogens (tertiary/aromatic N) is 1. The zero-order chi connectivity index (χ0) is 40.1. The number of anilines is 3. The first-order chi connectivity index (χ1) is 30.3. The lowest BCUT2D eigenvalue weighted by molar-refractivity contribution is 0.794. The Balaban J connectivity index is 1.07. The molecule has 2 unspecified atom stereocenters. The summed E-state index contributed by atoms with van der Waals surface area (Å²) in [6.45, 7) is 0. The molecule has 4 aliphatic rings. The molecule has 9 aromatic rings. The van der Waals surface area contributed by atoms with Crippen LogP contribution in [0.1, 0.15) is 39.3 Å². The minimum atomic E-state index is -0.441.